The number of likely N-dealkylation sites (N-methyl/N-ethyl adjacent to an activating group) is 1. The van der Waals surface area contributed by atoms with Gasteiger partial charge in [0, 0.05) is 67.2 Å². The van der Waals surface area contributed by atoms with E-state index in [0.29, 0.717) is 62.8 Å². The molecule has 11 amide bonds. The first-order valence-electron chi connectivity index (χ1n) is 35.3. The number of amides is 11. The molecule has 1 aliphatic heterocycles. The van der Waals surface area contributed by atoms with E-state index in [4.69, 9.17) is 14.6 Å². The van der Waals surface area contributed by atoms with Crippen molar-refractivity contribution in [3.8, 4) is 5.75 Å². The van der Waals surface area contributed by atoms with Crippen LogP contribution >= 0.6 is 32.9 Å². The number of hydrazine groups is 1. The van der Waals surface area contributed by atoms with Crippen molar-refractivity contribution in [2.24, 2.45) is 23.7 Å². The molecule has 588 valence electrons. The standard InChI is InChI=1S/C68H107N13O21S3/c1-10-18-55(87)102-38-81(63(93)57(41(7)12-3)77-61(91)51-19-14-17-30-80(51)9)50(39(4)5)25-26-52-72-48(36-103-52)60(90)71-44(34-43-20-22-45(82)23-21-43)33-42(8)58(88)78-79-68(100)101-31-32-104-105-37-49(65(96)97)73-62(92)56(40(6)11-2)76-59(89)47(35-54(85)86)75-67(99)70-29-16-13-15-28-69-66(98)74-46(64(94)95)24-27-53(83)84/h20-23,36,39-42,44,46-47,49-51,56-57,82H,10-19,24-35,37-38H2,1-9H3,(H,71,90)(H,73,92)(H,76,89)(H,77,91)(H,78,88)(H,79,100)(H,83,84)(H,85,86)(H,94,95)(H,96,97)(H2,69,74,98)(H2,70,75,99)/t40?,41?,42-,44+,46-,47-,49-,50+,51+,56-,57-/m0/s1. The Morgan fingerprint density at radius 3 is 1.91 bits per heavy atom. The Morgan fingerprint density at radius 1 is 0.686 bits per heavy atom. The molecule has 0 aliphatic carbocycles. The van der Waals surface area contributed by atoms with E-state index in [-0.39, 0.29) is 105 Å². The van der Waals surface area contributed by atoms with Crippen molar-refractivity contribution in [3.05, 3.63) is 45.9 Å². The minimum absolute atomic E-state index is 0.0196. The summed E-state index contributed by atoms with van der Waals surface area (Å²) in [5.41, 5.74) is 5.33. The van der Waals surface area contributed by atoms with Gasteiger partial charge in [-0.25, -0.2) is 34.4 Å². The monoisotopic (exact) mass is 1540 g/mol. The average Bonchev–Trinajstić information content (AvgIpc) is 0.930. The van der Waals surface area contributed by atoms with Crippen LogP contribution in [0, 0.1) is 23.7 Å². The number of piperidine rings is 1. The lowest BCUT2D eigenvalue weighted by molar-refractivity contribution is -0.159. The number of phenols is 1. The largest absolute Gasteiger partial charge is 0.508 e. The van der Waals surface area contributed by atoms with Gasteiger partial charge in [0.05, 0.1) is 17.5 Å². The summed E-state index contributed by atoms with van der Waals surface area (Å²) in [4.78, 5) is 188. The van der Waals surface area contributed by atoms with Crippen molar-refractivity contribution < 1.29 is 102 Å². The maximum atomic E-state index is 14.8. The zero-order valence-corrected chi connectivity index (χ0v) is 63.6. The second kappa shape index (κ2) is 48.4. The SMILES string of the molecule is CCCC(=O)OCN(C(=O)[C@@H](NC(=O)[C@H]1CCCCN1C)C(C)CC)[C@H](CCc1nc(C(=O)N[C@@H](Cc2ccc(O)cc2)C[C@H](C)C(=O)NNC(=O)OCCSSC[C@H](NC(=O)[C@@H](NC(=O)[C@H](CC(=O)O)NC(=O)NCCCCCNC(=O)N[C@@H](CCC(=O)O)C(=O)O)C(C)CC)C(=O)O)cs1)C(C)C. The highest BCUT2D eigenvalue weighted by molar-refractivity contribution is 8.76. The van der Waals surface area contributed by atoms with E-state index in [0.717, 1.165) is 46.5 Å². The van der Waals surface area contributed by atoms with Gasteiger partial charge in [-0.05, 0) is 113 Å². The molecular weight excluding hydrogens is 1430 g/mol. The van der Waals surface area contributed by atoms with Gasteiger partial charge in [-0.3, -0.25) is 53.5 Å². The highest BCUT2D eigenvalue weighted by atomic mass is 33.1. The van der Waals surface area contributed by atoms with Crippen LogP contribution in [0.5, 0.6) is 5.75 Å². The molecule has 0 spiro atoms. The van der Waals surface area contributed by atoms with Gasteiger partial charge in [0.2, 0.25) is 29.5 Å². The van der Waals surface area contributed by atoms with Gasteiger partial charge < -0.3 is 82.4 Å². The van der Waals surface area contributed by atoms with Crippen LogP contribution in [-0.2, 0) is 70.3 Å². The molecule has 1 fully saturated rings. The Balaban J connectivity index is 1.54. The van der Waals surface area contributed by atoms with Crippen LogP contribution in [0.1, 0.15) is 173 Å². The van der Waals surface area contributed by atoms with E-state index in [1.807, 2.05) is 46.6 Å². The van der Waals surface area contributed by atoms with Crippen LogP contribution in [0.3, 0.4) is 0 Å². The Kier molecular flexibility index (Phi) is 41.7. The van der Waals surface area contributed by atoms with Crippen molar-refractivity contribution in [2.45, 2.75) is 213 Å². The number of nitrogens with one attached hydrogen (secondary N) is 10. The molecule has 1 saturated heterocycles. The lowest BCUT2D eigenvalue weighted by atomic mass is 9.93. The van der Waals surface area contributed by atoms with Crippen molar-refractivity contribution in [1.82, 2.24) is 68.2 Å². The number of aliphatic carboxylic acids is 4. The van der Waals surface area contributed by atoms with Gasteiger partial charge in [-0.1, -0.05) is 108 Å². The molecule has 105 heavy (non-hydrogen) atoms. The Labute approximate surface area is 623 Å². The van der Waals surface area contributed by atoms with Crippen LogP contribution in [0.2, 0.25) is 0 Å². The van der Waals surface area contributed by atoms with Crippen LogP contribution in [0.4, 0.5) is 14.4 Å². The molecule has 2 aromatic rings. The molecule has 3 rings (SSSR count). The van der Waals surface area contributed by atoms with Gasteiger partial charge >= 0.3 is 48.0 Å². The number of thiazole rings is 1. The van der Waals surface area contributed by atoms with Crippen molar-refractivity contribution in [2.75, 3.05) is 51.5 Å². The number of unbranched alkanes of at least 4 members (excludes halogenated alkanes) is 2. The van der Waals surface area contributed by atoms with Crippen molar-refractivity contribution in [3.63, 3.8) is 0 Å². The highest BCUT2D eigenvalue weighted by Crippen LogP contribution is 2.26. The van der Waals surface area contributed by atoms with Crippen LogP contribution in [-0.4, -0.2) is 224 Å². The van der Waals surface area contributed by atoms with Crippen LogP contribution in [0.25, 0.3) is 0 Å². The molecule has 15 N–H and O–H groups in total. The number of esters is 1. The molecule has 1 aromatic heterocycles. The Hall–Kier alpha value is -8.71. The fourth-order valence-corrected chi connectivity index (χ4v) is 13.8. The second-order valence-corrected chi connectivity index (χ2v) is 29.8. The maximum Gasteiger partial charge on any atom is 0.426 e. The zero-order valence-electron chi connectivity index (χ0n) is 61.1. The summed E-state index contributed by atoms with van der Waals surface area (Å²) < 4.78 is 10.9. The normalized spacial score (nSPS) is 15.7. The van der Waals surface area contributed by atoms with E-state index in [2.05, 4.69) is 58.4 Å². The first kappa shape index (κ1) is 90.5. The topological polar surface area (TPSA) is 498 Å². The van der Waals surface area contributed by atoms with E-state index in [9.17, 15) is 87.5 Å². The summed E-state index contributed by atoms with van der Waals surface area (Å²) in [6.07, 6.45) is 3.63. The van der Waals surface area contributed by atoms with Crippen LogP contribution in [0.15, 0.2) is 29.6 Å². The highest BCUT2D eigenvalue weighted by Gasteiger charge is 2.39. The number of hydrogen-bond donors (Lipinski definition) is 15. The number of phenolic OH excluding ortho intramolecular Hbond substituents is 1. The summed E-state index contributed by atoms with van der Waals surface area (Å²) >= 11 is 1.25. The Bertz CT molecular complexity index is 3190. The summed E-state index contributed by atoms with van der Waals surface area (Å²) in [7, 11) is 3.99. The first-order valence-corrected chi connectivity index (χ1v) is 38.7. The summed E-state index contributed by atoms with van der Waals surface area (Å²) in [6, 6.07) is -3.81. The van der Waals surface area contributed by atoms with Gasteiger partial charge in [-0.15, -0.1) is 11.3 Å². The molecule has 2 heterocycles. The van der Waals surface area contributed by atoms with E-state index in [1.54, 1.807) is 43.2 Å². The fourth-order valence-electron chi connectivity index (χ4n) is 11.0. The fraction of sp³-hybridized carbons (Fsp3) is 0.662. The number of aromatic hydroxyl groups is 1. The predicted molar refractivity (Wildman–Crippen MR) is 390 cm³/mol. The maximum absolute atomic E-state index is 14.8. The lowest BCUT2D eigenvalue weighted by Gasteiger charge is -2.39. The minimum atomic E-state index is -1.68. The molecule has 0 radical (unpaired) electrons. The summed E-state index contributed by atoms with van der Waals surface area (Å²) in [5, 5.41) is 70.1. The number of likely N-dealkylation sites (tertiary alicyclic amines) is 1. The molecule has 2 unspecified atom stereocenters. The molecule has 1 aliphatic rings. The van der Waals surface area contributed by atoms with Crippen molar-refractivity contribution in [1.29, 1.82) is 0 Å². The van der Waals surface area contributed by atoms with E-state index >= 15 is 0 Å². The summed E-state index contributed by atoms with van der Waals surface area (Å²) in [6.45, 7) is 14.9. The van der Waals surface area contributed by atoms with Crippen molar-refractivity contribution >= 4 is 116 Å². The number of rotatable bonds is 48. The van der Waals surface area contributed by atoms with Gasteiger partial charge in [-0.2, -0.15) is 0 Å². The number of carbonyl (C=O) groups excluding carboxylic acids is 10. The molecular formula is C68H107N13O21S3. The lowest BCUT2D eigenvalue weighted by Crippen LogP contribution is -2.59. The second-order valence-electron chi connectivity index (χ2n) is 26.2. The van der Waals surface area contributed by atoms with Gasteiger partial charge in [0.15, 0.2) is 6.73 Å². The molecule has 37 heteroatoms. The number of nitrogens with zero attached hydrogens (tertiary/aromatic N) is 3. The number of aromatic nitrogens is 1. The molecule has 0 saturated carbocycles. The minimum Gasteiger partial charge on any atom is -0.508 e. The molecule has 0 bridgehead atoms. The quantitative estimate of drug-likeness (QED) is 0.0143. The number of carboxylic acids is 4. The van der Waals surface area contributed by atoms with E-state index < -0.39 is 139 Å². The number of carboxylic acid groups (broad SMARTS) is 4. The number of carbonyl (C=O) groups is 14. The van der Waals surface area contributed by atoms with Gasteiger partial charge in [0.1, 0.15) is 48.3 Å². The third-order valence-electron chi connectivity index (χ3n) is 17.5. The number of hydrogen-bond acceptors (Lipinski definition) is 22. The number of urea groups is 2. The smallest absolute Gasteiger partial charge is 0.426 e. The third-order valence-corrected chi connectivity index (χ3v) is 20.8. The molecule has 1 aromatic carbocycles. The molecule has 11 atom stereocenters. The summed E-state index contributed by atoms with van der Waals surface area (Å²) in [5.74, 6) is -11.6. The number of benzene rings is 1. The average molecular weight is 1540 g/mol. The van der Waals surface area contributed by atoms with E-state index in [1.165, 1.54) is 23.5 Å². The predicted octanol–water partition coefficient (Wildman–Crippen LogP) is 4.49. The molecule has 34 nitrogen and oxygen atoms in total. The van der Waals surface area contributed by atoms with Crippen LogP contribution < -0.4 is 53.4 Å². The first-order chi connectivity index (χ1) is 49.8. The number of aryl methyl sites for hydroxylation is 1. The number of ether oxygens (including phenoxy) is 2. The Morgan fingerprint density at radius 2 is 1.32 bits per heavy atom. The third kappa shape index (κ3) is 34.4. The zero-order chi connectivity index (χ0) is 78.3. The van der Waals surface area contributed by atoms with Gasteiger partial charge in [0.25, 0.3) is 5.91 Å².